The maximum absolute atomic E-state index is 10.7. The summed E-state index contributed by atoms with van der Waals surface area (Å²) in [6, 6.07) is 4.37. The zero-order chi connectivity index (χ0) is 15.9. The zero-order valence-corrected chi connectivity index (χ0v) is 13.0. The predicted octanol–water partition coefficient (Wildman–Crippen LogP) is 2.09. The highest BCUT2D eigenvalue weighted by Crippen LogP contribution is 2.31. The molecule has 0 radical (unpaired) electrons. The molecule has 122 valence electrons. The van der Waals surface area contributed by atoms with Gasteiger partial charge < -0.3 is 14.2 Å². The van der Waals surface area contributed by atoms with Gasteiger partial charge in [0, 0.05) is 32.8 Å². The normalized spacial score (nSPS) is 16.5. The molecule has 0 unspecified atom stereocenters. The van der Waals surface area contributed by atoms with Crippen LogP contribution in [0.2, 0.25) is 0 Å². The van der Waals surface area contributed by atoms with Crippen molar-refractivity contribution in [2.75, 3.05) is 40.5 Å². The molecule has 1 aliphatic heterocycles. The Labute approximate surface area is 129 Å². The first-order chi connectivity index (χ1) is 10.6. The topological polar surface area (TPSA) is 74.1 Å². The lowest BCUT2D eigenvalue weighted by Crippen LogP contribution is -2.38. The van der Waals surface area contributed by atoms with E-state index in [1.807, 2.05) is 0 Å². The summed E-state index contributed by atoms with van der Waals surface area (Å²) in [5.41, 5.74) is -0.00848. The van der Waals surface area contributed by atoms with Gasteiger partial charge in [0.25, 0.3) is 5.69 Å². The van der Waals surface area contributed by atoms with E-state index < -0.39 is 4.92 Å². The number of nitro groups is 1. The molecule has 1 heterocycles. The summed E-state index contributed by atoms with van der Waals surface area (Å²) in [5, 5.41) is 10.7. The molecule has 1 fully saturated rings. The van der Waals surface area contributed by atoms with Crippen LogP contribution in [-0.2, 0) is 4.74 Å². The summed E-state index contributed by atoms with van der Waals surface area (Å²) >= 11 is 0. The summed E-state index contributed by atoms with van der Waals surface area (Å²) in [6.45, 7) is 3.33. The van der Waals surface area contributed by atoms with Crippen LogP contribution in [0.4, 0.5) is 5.69 Å². The molecular formula is C15H22N2O5. The Balaban J connectivity index is 1.83. The van der Waals surface area contributed by atoms with E-state index in [0.717, 1.165) is 32.5 Å². The third-order valence-electron chi connectivity index (χ3n) is 3.89. The highest BCUT2D eigenvalue weighted by Gasteiger charge is 2.18. The van der Waals surface area contributed by atoms with Gasteiger partial charge in [0.1, 0.15) is 6.61 Å². The molecule has 0 aliphatic carbocycles. The number of nitro benzene ring substituents is 1. The first-order valence-electron chi connectivity index (χ1n) is 7.34. The van der Waals surface area contributed by atoms with E-state index in [2.05, 4.69) is 4.90 Å². The van der Waals surface area contributed by atoms with Crippen LogP contribution in [0, 0.1) is 10.1 Å². The fraction of sp³-hybridized carbons (Fsp3) is 0.600. The van der Waals surface area contributed by atoms with Crippen molar-refractivity contribution in [2.24, 2.45) is 0 Å². The fourth-order valence-corrected chi connectivity index (χ4v) is 2.54. The zero-order valence-electron chi connectivity index (χ0n) is 13.0. The van der Waals surface area contributed by atoms with E-state index in [1.165, 1.54) is 19.2 Å². The Bertz CT molecular complexity index is 501. The molecule has 1 aromatic rings. The smallest absolute Gasteiger partial charge is 0.273 e. The third-order valence-corrected chi connectivity index (χ3v) is 3.89. The van der Waals surface area contributed by atoms with Crippen LogP contribution < -0.4 is 9.47 Å². The second kappa shape index (κ2) is 7.95. The second-order valence-electron chi connectivity index (χ2n) is 5.22. The number of piperidine rings is 1. The molecule has 0 aromatic heterocycles. The number of non-ortho nitro benzene ring substituents is 1. The van der Waals surface area contributed by atoms with Crippen LogP contribution in [0.5, 0.6) is 11.5 Å². The van der Waals surface area contributed by atoms with Gasteiger partial charge >= 0.3 is 0 Å². The lowest BCUT2D eigenvalue weighted by molar-refractivity contribution is -0.384. The number of rotatable bonds is 7. The van der Waals surface area contributed by atoms with E-state index in [9.17, 15) is 10.1 Å². The Kier molecular flexibility index (Phi) is 5.97. The average molecular weight is 310 g/mol. The maximum atomic E-state index is 10.7. The van der Waals surface area contributed by atoms with Crippen molar-refractivity contribution in [1.29, 1.82) is 0 Å². The maximum Gasteiger partial charge on any atom is 0.273 e. The lowest BCUT2D eigenvalue weighted by atomic mass is 10.1. The minimum Gasteiger partial charge on any atom is -0.493 e. The molecule has 1 aliphatic rings. The van der Waals surface area contributed by atoms with Crippen molar-refractivity contribution < 1.29 is 19.1 Å². The summed E-state index contributed by atoms with van der Waals surface area (Å²) in [4.78, 5) is 12.6. The van der Waals surface area contributed by atoms with Crippen molar-refractivity contribution in [1.82, 2.24) is 4.90 Å². The first-order valence-corrected chi connectivity index (χ1v) is 7.34. The molecule has 1 aromatic carbocycles. The largest absolute Gasteiger partial charge is 0.493 e. The Morgan fingerprint density at radius 2 is 2.00 bits per heavy atom. The average Bonchev–Trinajstić information content (AvgIpc) is 2.55. The van der Waals surface area contributed by atoms with Crippen molar-refractivity contribution in [2.45, 2.75) is 18.9 Å². The first kappa shape index (κ1) is 16.5. The molecule has 0 bridgehead atoms. The van der Waals surface area contributed by atoms with E-state index in [-0.39, 0.29) is 5.69 Å². The predicted molar refractivity (Wildman–Crippen MR) is 81.6 cm³/mol. The molecule has 7 heteroatoms. The fourth-order valence-electron chi connectivity index (χ4n) is 2.54. The van der Waals surface area contributed by atoms with Gasteiger partial charge in [-0.25, -0.2) is 0 Å². The van der Waals surface area contributed by atoms with E-state index >= 15 is 0 Å². The van der Waals surface area contributed by atoms with Gasteiger partial charge in [0.2, 0.25) is 0 Å². The SMILES string of the molecule is COc1cc([N+](=O)[O-])ccc1OCCN1CCC(OC)CC1. The van der Waals surface area contributed by atoms with Gasteiger partial charge in [-0.05, 0) is 18.9 Å². The number of methoxy groups -OCH3 is 2. The number of likely N-dealkylation sites (tertiary alicyclic amines) is 1. The molecule has 22 heavy (non-hydrogen) atoms. The molecule has 0 N–H and O–H groups in total. The molecule has 2 rings (SSSR count). The van der Waals surface area contributed by atoms with Crippen molar-refractivity contribution in [3.63, 3.8) is 0 Å². The highest BCUT2D eigenvalue weighted by atomic mass is 16.6. The summed E-state index contributed by atoms with van der Waals surface area (Å²) in [6.07, 6.45) is 2.45. The number of benzene rings is 1. The number of hydrogen-bond acceptors (Lipinski definition) is 6. The minimum atomic E-state index is -0.452. The van der Waals surface area contributed by atoms with Crippen LogP contribution in [0.3, 0.4) is 0 Å². The molecule has 0 spiro atoms. The molecule has 0 atom stereocenters. The van der Waals surface area contributed by atoms with Crippen LogP contribution in [0.25, 0.3) is 0 Å². The van der Waals surface area contributed by atoms with Crippen molar-refractivity contribution in [3.8, 4) is 11.5 Å². The van der Waals surface area contributed by atoms with Gasteiger partial charge in [-0.15, -0.1) is 0 Å². The van der Waals surface area contributed by atoms with E-state index in [0.29, 0.717) is 24.2 Å². The van der Waals surface area contributed by atoms with Gasteiger partial charge in [-0.3, -0.25) is 15.0 Å². The third kappa shape index (κ3) is 4.32. The van der Waals surface area contributed by atoms with Gasteiger partial charge in [-0.1, -0.05) is 0 Å². The van der Waals surface area contributed by atoms with Crippen LogP contribution in [-0.4, -0.2) is 56.4 Å². The molecule has 0 saturated carbocycles. The lowest BCUT2D eigenvalue weighted by Gasteiger charge is -2.30. The second-order valence-corrected chi connectivity index (χ2v) is 5.22. The molecule has 7 nitrogen and oxygen atoms in total. The van der Waals surface area contributed by atoms with Gasteiger partial charge in [0.05, 0.1) is 24.2 Å². The van der Waals surface area contributed by atoms with Crippen LogP contribution in [0.1, 0.15) is 12.8 Å². The highest BCUT2D eigenvalue weighted by molar-refractivity contribution is 5.48. The van der Waals surface area contributed by atoms with Crippen molar-refractivity contribution in [3.05, 3.63) is 28.3 Å². The number of hydrogen-bond donors (Lipinski definition) is 0. The number of ether oxygens (including phenoxy) is 3. The van der Waals surface area contributed by atoms with Gasteiger partial charge in [0.15, 0.2) is 11.5 Å². The standard InChI is InChI=1S/C15H22N2O5/c1-20-13-5-7-16(8-6-13)9-10-22-14-4-3-12(17(18)19)11-15(14)21-2/h3-4,11,13H,5-10H2,1-2H3. The van der Waals surface area contributed by atoms with Crippen LogP contribution >= 0.6 is 0 Å². The van der Waals surface area contributed by atoms with Crippen LogP contribution in [0.15, 0.2) is 18.2 Å². The molecule has 1 saturated heterocycles. The molecule has 0 amide bonds. The van der Waals surface area contributed by atoms with E-state index in [1.54, 1.807) is 13.2 Å². The quantitative estimate of drug-likeness (QED) is 0.567. The van der Waals surface area contributed by atoms with Crippen molar-refractivity contribution >= 4 is 5.69 Å². The Morgan fingerprint density at radius 1 is 1.27 bits per heavy atom. The van der Waals surface area contributed by atoms with Gasteiger partial charge in [-0.2, -0.15) is 0 Å². The molecular weight excluding hydrogens is 288 g/mol. The number of nitrogens with zero attached hydrogens (tertiary/aromatic N) is 2. The Hall–Kier alpha value is -1.86. The Morgan fingerprint density at radius 3 is 2.59 bits per heavy atom. The van der Waals surface area contributed by atoms with E-state index in [4.69, 9.17) is 14.2 Å². The minimum absolute atomic E-state index is 0.00848. The monoisotopic (exact) mass is 310 g/mol. The summed E-state index contributed by atoms with van der Waals surface area (Å²) in [5.74, 6) is 0.909. The summed E-state index contributed by atoms with van der Waals surface area (Å²) < 4.78 is 16.2. The summed E-state index contributed by atoms with van der Waals surface area (Å²) in [7, 11) is 3.23.